The van der Waals surface area contributed by atoms with Gasteiger partial charge in [0.2, 0.25) is 10.0 Å². The third-order valence-corrected chi connectivity index (χ3v) is 1.92. The minimum Gasteiger partial charge on any atom is -0.268 e. The van der Waals surface area contributed by atoms with E-state index < -0.39 is 15.6 Å². The molecule has 0 radical (unpaired) electrons. The van der Waals surface area contributed by atoms with Crippen molar-refractivity contribution in [3.63, 3.8) is 0 Å². The summed E-state index contributed by atoms with van der Waals surface area (Å²) in [6.07, 6.45) is 0. The summed E-state index contributed by atoms with van der Waals surface area (Å²) in [5.74, 6) is -0.0173. The van der Waals surface area contributed by atoms with Gasteiger partial charge in [-0.2, -0.15) is 0 Å². The van der Waals surface area contributed by atoms with Gasteiger partial charge in [-0.1, -0.05) is 16.5 Å². The summed E-state index contributed by atoms with van der Waals surface area (Å²) in [4.78, 5) is 6.27. The second kappa shape index (κ2) is 4.12. The second-order valence-electron chi connectivity index (χ2n) is 1.65. The maximum atomic E-state index is 10.6. The van der Waals surface area contributed by atoms with E-state index >= 15 is 0 Å². The molecule has 0 aliphatic heterocycles. The number of halogens is 1. The maximum absolute atomic E-state index is 10.6. The van der Waals surface area contributed by atoms with Crippen molar-refractivity contribution < 1.29 is 13.3 Å². The lowest BCUT2D eigenvalue weighted by molar-refractivity contribution is 0.0785. The standard InChI is InChI=1S/C4H10ClNO3S/c1-3-10(7,8)6-9-4(2)5/h4,6H,3H2,1-2H3. The van der Waals surface area contributed by atoms with Crippen molar-refractivity contribution in [1.82, 2.24) is 4.89 Å². The fraction of sp³-hybridized carbons (Fsp3) is 1.00. The number of nitrogens with one attached hydrogen (secondary N) is 1. The van der Waals surface area contributed by atoms with Gasteiger partial charge in [-0.25, -0.2) is 8.42 Å². The number of rotatable bonds is 4. The van der Waals surface area contributed by atoms with Crippen LogP contribution in [0.1, 0.15) is 13.8 Å². The molecule has 4 nitrogen and oxygen atoms in total. The van der Waals surface area contributed by atoms with E-state index in [-0.39, 0.29) is 5.75 Å². The summed E-state index contributed by atoms with van der Waals surface area (Å²) in [6.45, 7) is 3.02. The molecule has 10 heavy (non-hydrogen) atoms. The lowest BCUT2D eigenvalue weighted by Gasteiger charge is -2.05. The average Bonchev–Trinajstić information content (AvgIpc) is 1.85. The summed E-state index contributed by atoms with van der Waals surface area (Å²) in [6, 6.07) is 0. The average molecular weight is 188 g/mol. The maximum Gasteiger partial charge on any atom is 0.233 e. The molecule has 0 aromatic rings. The summed E-state index contributed by atoms with van der Waals surface area (Å²) in [5, 5.41) is 0. The van der Waals surface area contributed by atoms with E-state index in [1.807, 2.05) is 4.89 Å². The Hall–Kier alpha value is 0.160. The van der Waals surface area contributed by atoms with Gasteiger partial charge in [0.25, 0.3) is 0 Å². The van der Waals surface area contributed by atoms with Crippen LogP contribution in [0.25, 0.3) is 0 Å². The van der Waals surface area contributed by atoms with Crippen LogP contribution in [0.2, 0.25) is 0 Å². The zero-order chi connectivity index (χ0) is 8.20. The first-order valence-electron chi connectivity index (χ1n) is 2.77. The summed E-state index contributed by atoms with van der Waals surface area (Å²) >= 11 is 5.29. The third kappa shape index (κ3) is 4.99. The molecule has 0 fully saturated rings. The number of sulfonamides is 1. The van der Waals surface area contributed by atoms with Crippen molar-refractivity contribution >= 4 is 21.6 Å². The first-order valence-corrected chi connectivity index (χ1v) is 4.86. The quantitative estimate of drug-likeness (QED) is 0.514. The van der Waals surface area contributed by atoms with Crippen molar-refractivity contribution in [3.8, 4) is 0 Å². The lowest BCUT2D eigenvalue weighted by atomic mass is 10.9. The van der Waals surface area contributed by atoms with Gasteiger partial charge in [0.05, 0.1) is 5.75 Å². The molecular weight excluding hydrogens is 178 g/mol. The molecule has 0 heterocycles. The van der Waals surface area contributed by atoms with Crippen LogP contribution < -0.4 is 4.89 Å². The van der Waals surface area contributed by atoms with E-state index in [1.54, 1.807) is 0 Å². The van der Waals surface area contributed by atoms with Gasteiger partial charge < -0.3 is 0 Å². The Bertz CT molecular complexity index is 177. The van der Waals surface area contributed by atoms with Crippen LogP contribution >= 0.6 is 11.6 Å². The Kier molecular flexibility index (Phi) is 4.19. The molecule has 0 bridgehead atoms. The van der Waals surface area contributed by atoms with E-state index in [0.29, 0.717) is 0 Å². The van der Waals surface area contributed by atoms with Gasteiger partial charge in [-0.15, -0.1) is 0 Å². The molecule has 1 unspecified atom stereocenters. The van der Waals surface area contributed by atoms with E-state index in [4.69, 9.17) is 11.6 Å². The van der Waals surface area contributed by atoms with Crippen molar-refractivity contribution in [3.05, 3.63) is 0 Å². The van der Waals surface area contributed by atoms with Crippen molar-refractivity contribution in [2.45, 2.75) is 19.4 Å². The third-order valence-electron chi connectivity index (χ3n) is 0.718. The van der Waals surface area contributed by atoms with E-state index in [1.165, 1.54) is 13.8 Å². The Labute approximate surface area is 65.5 Å². The van der Waals surface area contributed by atoms with Crippen molar-refractivity contribution in [2.75, 3.05) is 5.75 Å². The molecule has 0 saturated carbocycles. The van der Waals surface area contributed by atoms with Gasteiger partial charge in [0.15, 0.2) is 5.56 Å². The molecule has 0 spiro atoms. The highest BCUT2D eigenvalue weighted by Gasteiger charge is 2.06. The van der Waals surface area contributed by atoms with Crippen LogP contribution in [0.5, 0.6) is 0 Å². The first-order chi connectivity index (χ1) is 4.48. The lowest BCUT2D eigenvalue weighted by Crippen LogP contribution is -2.27. The van der Waals surface area contributed by atoms with Crippen LogP contribution in [-0.4, -0.2) is 19.7 Å². The molecular formula is C4H10ClNO3S. The Balaban J connectivity index is 3.70. The summed E-state index contributed by atoms with van der Waals surface area (Å²) in [7, 11) is -3.27. The molecule has 1 N–H and O–H groups in total. The van der Waals surface area contributed by atoms with Gasteiger partial charge in [0, 0.05) is 0 Å². The van der Waals surface area contributed by atoms with E-state index in [2.05, 4.69) is 4.84 Å². The normalized spacial score (nSPS) is 15.1. The minimum atomic E-state index is -3.27. The van der Waals surface area contributed by atoms with Crippen molar-refractivity contribution in [2.24, 2.45) is 0 Å². The highest BCUT2D eigenvalue weighted by Crippen LogP contribution is 1.93. The fourth-order valence-electron chi connectivity index (χ4n) is 0.199. The van der Waals surface area contributed by atoms with Gasteiger partial charge in [0.1, 0.15) is 0 Å². The molecule has 1 atom stereocenters. The molecule has 0 amide bonds. The highest BCUT2D eigenvalue weighted by atomic mass is 35.5. The van der Waals surface area contributed by atoms with Gasteiger partial charge in [-0.05, 0) is 13.8 Å². The first kappa shape index (κ1) is 10.2. The smallest absolute Gasteiger partial charge is 0.233 e. The highest BCUT2D eigenvalue weighted by molar-refractivity contribution is 7.89. The molecule has 0 aliphatic carbocycles. The molecule has 0 rings (SSSR count). The monoisotopic (exact) mass is 187 g/mol. The largest absolute Gasteiger partial charge is 0.268 e. The van der Waals surface area contributed by atoms with E-state index in [0.717, 1.165) is 0 Å². The van der Waals surface area contributed by atoms with Crippen LogP contribution in [0, 0.1) is 0 Å². The predicted octanol–water partition coefficient (Wildman–Crippen LogP) is 0.442. The number of hydrogen-bond acceptors (Lipinski definition) is 3. The minimum absolute atomic E-state index is 0.0173. The fourth-order valence-corrected chi connectivity index (χ4v) is 0.705. The van der Waals surface area contributed by atoms with Crippen LogP contribution in [0.3, 0.4) is 0 Å². The Morgan fingerprint density at radius 1 is 1.70 bits per heavy atom. The Morgan fingerprint density at radius 3 is 2.50 bits per heavy atom. The second-order valence-corrected chi connectivity index (χ2v) is 4.24. The van der Waals surface area contributed by atoms with Crippen LogP contribution in [0.4, 0.5) is 0 Å². The molecule has 0 aromatic carbocycles. The zero-order valence-corrected chi connectivity index (χ0v) is 7.37. The van der Waals surface area contributed by atoms with Gasteiger partial charge in [-0.3, -0.25) is 4.84 Å². The summed E-state index contributed by atoms with van der Waals surface area (Å²) < 4.78 is 21.2. The zero-order valence-electron chi connectivity index (χ0n) is 5.80. The predicted molar refractivity (Wildman–Crippen MR) is 39.0 cm³/mol. The molecule has 0 aromatic heterocycles. The topological polar surface area (TPSA) is 55.4 Å². The van der Waals surface area contributed by atoms with Crippen LogP contribution in [0.15, 0.2) is 0 Å². The number of alkyl halides is 1. The van der Waals surface area contributed by atoms with Crippen LogP contribution in [-0.2, 0) is 14.9 Å². The Morgan fingerprint density at radius 2 is 2.20 bits per heavy atom. The molecule has 6 heteroatoms. The molecule has 0 aliphatic rings. The summed E-state index contributed by atoms with van der Waals surface area (Å²) in [5.41, 5.74) is -0.652. The van der Waals surface area contributed by atoms with Gasteiger partial charge >= 0.3 is 0 Å². The van der Waals surface area contributed by atoms with E-state index in [9.17, 15) is 8.42 Å². The molecule has 0 saturated heterocycles. The number of hydrogen-bond donors (Lipinski definition) is 1. The van der Waals surface area contributed by atoms with Crippen molar-refractivity contribution in [1.29, 1.82) is 0 Å². The molecule has 62 valence electrons. The SMILES string of the molecule is CCS(=O)(=O)NOC(C)Cl.